The van der Waals surface area contributed by atoms with Crippen LogP contribution in [0.4, 0.5) is 5.13 Å². The van der Waals surface area contributed by atoms with E-state index in [1.807, 2.05) is 19.1 Å². The molecule has 0 atom stereocenters. The second-order valence-corrected chi connectivity index (χ2v) is 9.16. The molecule has 1 aliphatic rings. The number of aryl methyl sites for hydroxylation is 1. The maximum absolute atomic E-state index is 13.2. The minimum atomic E-state index is -0.0446. The molecule has 3 aromatic rings. The van der Waals surface area contributed by atoms with E-state index in [-0.39, 0.29) is 18.3 Å². The van der Waals surface area contributed by atoms with Gasteiger partial charge in [0.25, 0.3) is 5.91 Å². The minimum Gasteiger partial charge on any atom is -0.379 e. The van der Waals surface area contributed by atoms with Crippen molar-refractivity contribution >= 4 is 67.9 Å². The Labute approximate surface area is 183 Å². The Kier molecular flexibility index (Phi) is 7.31. The quantitative estimate of drug-likeness (QED) is 0.555. The molecule has 1 fully saturated rings. The monoisotopic (exact) mass is 457 g/mol. The molecule has 4 rings (SSSR count). The lowest BCUT2D eigenvalue weighted by molar-refractivity contribution is 0.0391. The number of amides is 1. The molecule has 2 aromatic heterocycles. The van der Waals surface area contributed by atoms with Gasteiger partial charge in [0, 0.05) is 26.2 Å². The summed E-state index contributed by atoms with van der Waals surface area (Å²) in [7, 11) is 0. The van der Waals surface area contributed by atoms with Crippen LogP contribution < -0.4 is 4.90 Å². The molecular formula is C19H21Cl2N3O2S2. The summed E-state index contributed by atoms with van der Waals surface area (Å²) < 4.78 is 7.13. The number of halogens is 2. The molecular weight excluding hydrogens is 437 g/mol. The Balaban J connectivity index is 0.00000225. The molecule has 0 unspecified atom stereocenters. The third kappa shape index (κ3) is 4.67. The topological polar surface area (TPSA) is 45.7 Å². The van der Waals surface area contributed by atoms with E-state index in [0.29, 0.717) is 15.8 Å². The smallest absolute Gasteiger partial charge is 0.270 e. The van der Waals surface area contributed by atoms with Crippen molar-refractivity contribution in [2.75, 3.05) is 44.3 Å². The second-order valence-electron chi connectivity index (χ2n) is 6.43. The number of carbonyl (C=O) groups excluding carboxylic acids is 1. The highest BCUT2D eigenvalue weighted by Gasteiger charge is 2.24. The van der Waals surface area contributed by atoms with Gasteiger partial charge in [-0.1, -0.05) is 35.1 Å². The number of thiophene rings is 1. The van der Waals surface area contributed by atoms with Crippen molar-refractivity contribution in [2.45, 2.75) is 6.92 Å². The predicted molar refractivity (Wildman–Crippen MR) is 120 cm³/mol. The first-order valence-corrected chi connectivity index (χ1v) is 10.9. The van der Waals surface area contributed by atoms with Gasteiger partial charge in [0.1, 0.15) is 0 Å². The Morgan fingerprint density at radius 1 is 1.25 bits per heavy atom. The van der Waals surface area contributed by atoms with E-state index in [1.165, 1.54) is 11.3 Å². The summed E-state index contributed by atoms with van der Waals surface area (Å²) in [5, 5.41) is 0.738. The van der Waals surface area contributed by atoms with Crippen molar-refractivity contribution in [3.05, 3.63) is 45.1 Å². The number of anilines is 1. The second kappa shape index (κ2) is 9.52. The summed E-state index contributed by atoms with van der Waals surface area (Å²) in [5.74, 6) is -0.0446. The van der Waals surface area contributed by atoms with E-state index in [0.717, 1.165) is 53.8 Å². The average Bonchev–Trinajstić information content (AvgIpc) is 3.30. The molecule has 0 radical (unpaired) electrons. The number of para-hydroxylation sites is 1. The van der Waals surface area contributed by atoms with Crippen LogP contribution in [0.25, 0.3) is 10.2 Å². The first-order chi connectivity index (χ1) is 13.1. The number of ether oxygens (including phenoxy) is 1. The molecule has 1 aromatic carbocycles. The molecule has 5 nitrogen and oxygen atoms in total. The molecule has 1 amide bonds. The Morgan fingerprint density at radius 2 is 2.04 bits per heavy atom. The summed E-state index contributed by atoms with van der Waals surface area (Å²) in [6, 6.07) is 9.68. The number of hydrogen-bond acceptors (Lipinski definition) is 6. The van der Waals surface area contributed by atoms with Gasteiger partial charge in [0.2, 0.25) is 0 Å². The number of nitrogens with zero attached hydrogens (tertiary/aromatic N) is 3. The van der Waals surface area contributed by atoms with E-state index in [4.69, 9.17) is 21.3 Å². The van der Waals surface area contributed by atoms with Crippen LogP contribution in [-0.2, 0) is 4.74 Å². The van der Waals surface area contributed by atoms with Gasteiger partial charge in [0.15, 0.2) is 5.13 Å². The van der Waals surface area contributed by atoms with E-state index in [9.17, 15) is 4.79 Å². The Bertz CT molecular complexity index is 954. The van der Waals surface area contributed by atoms with Crippen LogP contribution in [0.1, 0.15) is 15.2 Å². The zero-order chi connectivity index (χ0) is 18.8. The maximum Gasteiger partial charge on any atom is 0.270 e. The summed E-state index contributed by atoms with van der Waals surface area (Å²) in [6.07, 6.45) is 0. The summed E-state index contributed by atoms with van der Waals surface area (Å²) in [6.45, 7) is 6.71. The van der Waals surface area contributed by atoms with E-state index < -0.39 is 0 Å². The highest BCUT2D eigenvalue weighted by Crippen LogP contribution is 2.32. The van der Waals surface area contributed by atoms with Crippen LogP contribution in [-0.4, -0.2) is 55.2 Å². The number of hydrogen-bond donors (Lipinski definition) is 0. The summed E-state index contributed by atoms with van der Waals surface area (Å²) >= 11 is 8.92. The van der Waals surface area contributed by atoms with Crippen molar-refractivity contribution < 1.29 is 9.53 Å². The normalized spacial score (nSPS) is 14.8. The minimum absolute atomic E-state index is 0. The lowest BCUT2D eigenvalue weighted by atomic mass is 10.2. The van der Waals surface area contributed by atoms with Crippen molar-refractivity contribution in [1.82, 2.24) is 9.88 Å². The van der Waals surface area contributed by atoms with E-state index in [1.54, 1.807) is 28.4 Å². The fraction of sp³-hybridized carbons (Fsp3) is 0.368. The van der Waals surface area contributed by atoms with Crippen LogP contribution in [0.5, 0.6) is 0 Å². The molecule has 0 N–H and O–H groups in total. The molecule has 0 spiro atoms. The van der Waals surface area contributed by atoms with Crippen LogP contribution >= 0.6 is 46.7 Å². The lowest BCUT2D eigenvalue weighted by Gasteiger charge is -2.29. The van der Waals surface area contributed by atoms with Gasteiger partial charge in [0.05, 0.1) is 32.6 Å². The van der Waals surface area contributed by atoms with E-state index in [2.05, 4.69) is 11.0 Å². The number of benzene rings is 1. The first kappa shape index (κ1) is 21.5. The fourth-order valence-electron chi connectivity index (χ4n) is 3.10. The SMILES string of the molecule is Cc1cccc2sc(N(CCN3CCOCC3)C(=O)c3ccc(Cl)s3)nc12.Cl. The molecule has 1 aliphatic heterocycles. The number of aromatic nitrogens is 1. The molecule has 150 valence electrons. The molecule has 9 heteroatoms. The van der Waals surface area contributed by atoms with Gasteiger partial charge in [-0.3, -0.25) is 14.6 Å². The average molecular weight is 458 g/mol. The number of carbonyl (C=O) groups is 1. The number of fused-ring (bicyclic) bond motifs is 1. The number of rotatable bonds is 5. The number of thiazole rings is 1. The molecule has 1 saturated heterocycles. The summed E-state index contributed by atoms with van der Waals surface area (Å²) in [4.78, 5) is 22.7. The Hall–Kier alpha value is -1.22. The van der Waals surface area contributed by atoms with Gasteiger partial charge >= 0.3 is 0 Å². The highest BCUT2D eigenvalue weighted by atomic mass is 35.5. The van der Waals surface area contributed by atoms with Crippen LogP contribution in [0.2, 0.25) is 4.34 Å². The van der Waals surface area contributed by atoms with Crippen molar-refractivity contribution in [1.29, 1.82) is 0 Å². The lowest BCUT2D eigenvalue weighted by Crippen LogP contribution is -2.43. The predicted octanol–water partition coefficient (Wildman–Crippen LogP) is 4.72. The van der Waals surface area contributed by atoms with Crippen LogP contribution in [0.15, 0.2) is 30.3 Å². The van der Waals surface area contributed by atoms with Gasteiger partial charge in [-0.25, -0.2) is 4.98 Å². The highest BCUT2D eigenvalue weighted by molar-refractivity contribution is 7.22. The van der Waals surface area contributed by atoms with Crippen molar-refractivity contribution in [3.8, 4) is 0 Å². The molecule has 0 bridgehead atoms. The van der Waals surface area contributed by atoms with Crippen LogP contribution in [0, 0.1) is 6.92 Å². The zero-order valence-electron chi connectivity index (χ0n) is 15.4. The standard InChI is InChI=1S/C19H20ClN3O2S2.ClH/c1-13-3-2-4-14-17(13)21-19(27-14)23(8-7-22-9-11-25-12-10-22)18(24)15-5-6-16(20)26-15;/h2-6H,7-12H2,1H3;1H. The van der Waals surface area contributed by atoms with Crippen molar-refractivity contribution in [2.24, 2.45) is 0 Å². The fourth-order valence-corrected chi connectivity index (χ4v) is 5.16. The zero-order valence-corrected chi connectivity index (χ0v) is 18.6. The van der Waals surface area contributed by atoms with Gasteiger partial charge in [-0.05, 0) is 30.7 Å². The maximum atomic E-state index is 13.2. The number of morpholine rings is 1. The molecule has 28 heavy (non-hydrogen) atoms. The first-order valence-electron chi connectivity index (χ1n) is 8.85. The Morgan fingerprint density at radius 3 is 2.71 bits per heavy atom. The third-order valence-electron chi connectivity index (χ3n) is 4.61. The van der Waals surface area contributed by atoms with Gasteiger partial charge in [-0.15, -0.1) is 23.7 Å². The van der Waals surface area contributed by atoms with E-state index >= 15 is 0 Å². The van der Waals surface area contributed by atoms with Crippen LogP contribution in [0.3, 0.4) is 0 Å². The van der Waals surface area contributed by atoms with Gasteiger partial charge in [-0.2, -0.15) is 0 Å². The largest absolute Gasteiger partial charge is 0.379 e. The van der Waals surface area contributed by atoms with Gasteiger partial charge < -0.3 is 4.74 Å². The molecule has 0 saturated carbocycles. The third-order valence-corrected chi connectivity index (χ3v) is 6.88. The summed E-state index contributed by atoms with van der Waals surface area (Å²) in [5.41, 5.74) is 2.08. The van der Waals surface area contributed by atoms with Crippen molar-refractivity contribution in [3.63, 3.8) is 0 Å². The molecule has 3 heterocycles. The molecule has 0 aliphatic carbocycles.